The third-order valence-corrected chi connectivity index (χ3v) is 6.59. The van der Waals surface area contributed by atoms with Gasteiger partial charge in [0.05, 0.1) is 0 Å². The highest BCUT2D eigenvalue weighted by Crippen LogP contribution is 2.60. The zero-order valence-electron chi connectivity index (χ0n) is 18.0. The van der Waals surface area contributed by atoms with Gasteiger partial charge in [-0.2, -0.15) is 0 Å². The van der Waals surface area contributed by atoms with Crippen molar-refractivity contribution < 1.29 is 27.8 Å². The predicted molar refractivity (Wildman–Crippen MR) is 118 cm³/mol. The van der Waals surface area contributed by atoms with Crippen molar-refractivity contribution in [1.29, 1.82) is 0 Å². The first kappa shape index (κ1) is 20.8. The molecule has 1 aliphatic carbocycles. The number of nitrogens with one attached hydrogen (secondary N) is 1. The molecule has 1 fully saturated rings. The molecular weight excluding hydrogens is 442 g/mol. The lowest BCUT2D eigenvalue weighted by Gasteiger charge is -2.19. The third-order valence-electron chi connectivity index (χ3n) is 6.59. The number of nitrogens with zero attached hydrogens (tertiary/aromatic N) is 1. The summed E-state index contributed by atoms with van der Waals surface area (Å²) in [6.45, 7) is 0. The minimum Gasteiger partial charge on any atom is -0.489 e. The molecular formula is C26H20F2N2O4. The van der Waals surface area contributed by atoms with E-state index in [2.05, 4.69) is 10.3 Å². The first-order chi connectivity index (χ1) is 16.4. The van der Waals surface area contributed by atoms with Crippen molar-refractivity contribution in [1.82, 2.24) is 4.98 Å². The molecule has 0 unspecified atom stereocenters. The van der Waals surface area contributed by atoms with Crippen molar-refractivity contribution in [2.45, 2.75) is 37.7 Å². The number of rotatable bonds is 6. The number of halogens is 2. The van der Waals surface area contributed by atoms with Crippen LogP contribution in [0, 0.1) is 17.6 Å². The molecule has 3 heterocycles. The number of anilines is 1. The van der Waals surface area contributed by atoms with Crippen molar-refractivity contribution in [2.24, 2.45) is 5.92 Å². The number of pyridine rings is 1. The van der Waals surface area contributed by atoms with Crippen LogP contribution in [0.3, 0.4) is 0 Å². The first-order valence-electron chi connectivity index (χ1n) is 11.2. The van der Waals surface area contributed by atoms with Crippen LogP contribution in [0.1, 0.15) is 35.4 Å². The minimum absolute atomic E-state index is 0.00960. The fourth-order valence-electron chi connectivity index (χ4n) is 5.01. The number of Topliss-reactive ketones (excluding diaryl/α,β-unsaturated/α-hetero) is 1. The average molecular weight is 462 g/mol. The number of ketones is 1. The van der Waals surface area contributed by atoms with Crippen molar-refractivity contribution in [2.75, 3.05) is 5.32 Å². The molecule has 0 saturated heterocycles. The second-order valence-corrected chi connectivity index (χ2v) is 8.96. The molecule has 2 aliphatic heterocycles. The minimum atomic E-state index is -0.686. The summed E-state index contributed by atoms with van der Waals surface area (Å²) in [6.07, 6.45) is 2.75. The predicted octanol–water partition coefficient (Wildman–Crippen LogP) is 4.71. The van der Waals surface area contributed by atoms with E-state index in [0.717, 1.165) is 22.9 Å². The van der Waals surface area contributed by atoms with Crippen LogP contribution in [0.15, 0.2) is 48.7 Å². The Hall–Kier alpha value is -3.81. The average Bonchev–Trinajstić information content (AvgIpc) is 3.29. The Labute approximate surface area is 193 Å². The first-order valence-corrected chi connectivity index (χ1v) is 11.2. The summed E-state index contributed by atoms with van der Waals surface area (Å²) in [5, 5.41) is 2.77. The second kappa shape index (κ2) is 7.90. The Morgan fingerprint density at radius 3 is 2.76 bits per heavy atom. The van der Waals surface area contributed by atoms with Crippen molar-refractivity contribution in [3.8, 4) is 17.2 Å². The van der Waals surface area contributed by atoms with Gasteiger partial charge in [0, 0.05) is 54.5 Å². The van der Waals surface area contributed by atoms with Gasteiger partial charge >= 0.3 is 0 Å². The number of carbonyl (C=O) groups excluding carboxylic acids is 2. The molecule has 6 rings (SSSR count). The quantitative estimate of drug-likeness (QED) is 0.574. The lowest BCUT2D eigenvalue weighted by Crippen LogP contribution is -2.20. The topological polar surface area (TPSA) is 77.5 Å². The number of fused-ring (bicyclic) bond motifs is 4. The molecule has 3 aromatic rings. The van der Waals surface area contributed by atoms with Gasteiger partial charge in [-0.1, -0.05) is 0 Å². The Morgan fingerprint density at radius 1 is 1.12 bits per heavy atom. The largest absolute Gasteiger partial charge is 0.489 e. The molecule has 0 bridgehead atoms. The summed E-state index contributed by atoms with van der Waals surface area (Å²) in [5.74, 6) is 1.21. The van der Waals surface area contributed by atoms with E-state index in [1.165, 1.54) is 12.1 Å². The number of benzene rings is 2. The number of amides is 1. The zero-order chi connectivity index (χ0) is 23.4. The lowest BCUT2D eigenvalue weighted by atomic mass is 10.0. The number of aromatic nitrogens is 1. The summed E-state index contributed by atoms with van der Waals surface area (Å²) in [5.41, 5.74) is 2.19. The van der Waals surface area contributed by atoms with E-state index < -0.39 is 11.6 Å². The maximum Gasteiger partial charge on any atom is 0.225 e. The Kier molecular flexibility index (Phi) is 4.83. The molecule has 2 aromatic carbocycles. The van der Waals surface area contributed by atoms with E-state index in [1.807, 2.05) is 18.2 Å². The summed E-state index contributed by atoms with van der Waals surface area (Å²) < 4.78 is 39.0. The normalized spacial score (nSPS) is 21.6. The molecule has 3 aliphatic rings. The van der Waals surface area contributed by atoms with Crippen LogP contribution in [0.4, 0.5) is 14.6 Å². The van der Waals surface area contributed by atoms with Crippen LogP contribution >= 0.6 is 0 Å². The van der Waals surface area contributed by atoms with Crippen LogP contribution in [-0.4, -0.2) is 22.8 Å². The number of hydrogen-bond donors (Lipinski definition) is 1. The van der Waals surface area contributed by atoms with Crippen molar-refractivity contribution in [3.05, 3.63) is 77.0 Å². The van der Waals surface area contributed by atoms with E-state index in [0.29, 0.717) is 35.7 Å². The van der Waals surface area contributed by atoms with E-state index in [4.69, 9.17) is 9.47 Å². The SMILES string of the molecule is O=C(Cc1cc(F)cc(F)c1)C[C@@H]1[C@H]2Oc3ccc(Oc4ccnc5c4CCC(=O)N5)cc3[C@@H]12. The highest BCUT2D eigenvalue weighted by atomic mass is 19.1. The summed E-state index contributed by atoms with van der Waals surface area (Å²) in [4.78, 5) is 28.4. The van der Waals surface area contributed by atoms with E-state index in [-0.39, 0.29) is 42.5 Å². The maximum atomic E-state index is 13.4. The van der Waals surface area contributed by atoms with Crippen LogP contribution in [0.5, 0.6) is 17.2 Å². The maximum absolute atomic E-state index is 13.4. The third kappa shape index (κ3) is 3.79. The van der Waals surface area contributed by atoms with Gasteiger partial charge in [0.25, 0.3) is 0 Å². The molecule has 1 amide bonds. The standard InChI is InChI=1S/C26H20F2N2O4/c27-14-7-13(8-15(28)10-14)9-16(31)11-20-24-19-12-17(1-3-21(19)34-25(20)24)33-22-5-6-29-26-18(22)2-4-23(32)30-26/h1,3,5-8,10,12,20,24-25H,2,4,9,11H2,(H,29,30,32)/t20-,24-,25+/m0/s1. The Balaban J connectivity index is 1.15. The van der Waals surface area contributed by atoms with Gasteiger partial charge in [-0.3, -0.25) is 9.59 Å². The molecule has 34 heavy (non-hydrogen) atoms. The van der Waals surface area contributed by atoms with Gasteiger partial charge in [0.15, 0.2) is 0 Å². The molecule has 3 atom stereocenters. The van der Waals surface area contributed by atoms with Crippen LogP contribution in [-0.2, 0) is 22.4 Å². The molecule has 172 valence electrons. The molecule has 1 aromatic heterocycles. The summed E-state index contributed by atoms with van der Waals surface area (Å²) in [7, 11) is 0. The molecule has 6 nitrogen and oxygen atoms in total. The van der Waals surface area contributed by atoms with Gasteiger partial charge in [-0.25, -0.2) is 13.8 Å². The van der Waals surface area contributed by atoms with E-state index in [9.17, 15) is 18.4 Å². The van der Waals surface area contributed by atoms with Crippen LogP contribution < -0.4 is 14.8 Å². The smallest absolute Gasteiger partial charge is 0.225 e. The number of ether oxygens (including phenoxy) is 2. The van der Waals surface area contributed by atoms with Gasteiger partial charge in [-0.15, -0.1) is 0 Å². The molecule has 8 heteroatoms. The molecule has 1 saturated carbocycles. The van der Waals surface area contributed by atoms with Crippen molar-refractivity contribution >= 4 is 17.5 Å². The highest BCUT2D eigenvalue weighted by Gasteiger charge is 2.59. The highest BCUT2D eigenvalue weighted by molar-refractivity contribution is 5.93. The fourth-order valence-corrected chi connectivity index (χ4v) is 5.01. The molecule has 0 radical (unpaired) electrons. The Morgan fingerprint density at radius 2 is 1.94 bits per heavy atom. The number of carbonyl (C=O) groups is 2. The monoisotopic (exact) mass is 462 g/mol. The van der Waals surface area contributed by atoms with Gasteiger partial charge in [0.2, 0.25) is 5.91 Å². The second-order valence-electron chi connectivity index (χ2n) is 8.96. The van der Waals surface area contributed by atoms with Crippen LogP contribution in [0.25, 0.3) is 0 Å². The summed E-state index contributed by atoms with van der Waals surface area (Å²) >= 11 is 0. The van der Waals surface area contributed by atoms with Crippen LogP contribution in [0.2, 0.25) is 0 Å². The van der Waals surface area contributed by atoms with Crippen molar-refractivity contribution in [3.63, 3.8) is 0 Å². The molecule has 1 N–H and O–H groups in total. The number of hydrogen-bond acceptors (Lipinski definition) is 5. The van der Waals surface area contributed by atoms with E-state index >= 15 is 0 Å². The van der Waals surface area contributed by atoms with Gasteiger partial charge < -0.3 is 14.8 Å². The lowest BCUT2D eigenvalue weighted by molar-refractivity contribution is -0.119. The van der Waals surface area contributed by atoms with Gasteiger partial charge in [0.1, 0.15) is 46.6 Å². The zero-order valence-corrected chi connectivity index (χ0v) is 18.0. The van der Waals surface area contributed by atoms with E-state index in [1.54, 1.807) is 12.3 Å². The Bertz CT molecular complexity index is 1320. The molecule has 0 spiro atoms. The van der Waals surface area contributed by atoms with Gasteiger partial charge in [-0.05, 0) is 48.4 Å². The fraction of sp³-hybridized carbons (Fsp3) is 0.269. The summed E-state index contributed by atoms with van der Waals surface area (Å²) in [6, 6.07) is 10.6.